The van der Waals surface area contributed by atoms with Gasteiger partial charge in [-0.2, -0.15) is 13.2 Å². The summed E-state index contributed by atoms with van der Waals surface area (Å²) in [5.41, 5.74) is -1.37. The number of fused-ring (bicyclic) bond motifs is 1. The second-order valence-electron chi connectivity index (χ2n) is 10.3. The number of halogens is 3. The van der Waals surface area contributed by atoms with E-state index in [1.54, 1.807) is 4.90 Å². The third-order valence-corrected chi connectivity index (χ3v) is 7.68. The van der Waals surface area contributed by atoms with Crippen molar-refractivity contribution in [2.45, 2.75) is 71.4 Å². The van der Waals surface area contributed by atoms with Gasteiger partial charge in [0.25, 0.3) is 5.56 Å². The Morgan fingerprint density at radius 3 is 2.64 bits per heavy atom. The Kier molecular flexibility index (Phi) is 6.92. The molecule has 1 N–H and O–H groups in total. The number of pyridine rings is 1. The van der Waals surface area contributed by atoms with Crippen LogP contribution in [0.4, 0.5) is 13.2 Å². The van der Waals surface area contributed by atoms with Crippen LogP contribution in [0.15, 0.2) is 16.9 Å². The molecule has 6 nitrogen and oxygen atoms in total. The molecular formula is C24H34F3N3O3. The van der Waals surface area contributed by atoms with Gasteiger partial charge in [-0.05, 0) is 43.1 Å². The predicted molar refractivity (Wildman–Crippen MR) is 117 cm³/mol. The summed E-state index contributed by atoms with van der Waals surface area (Å²) in [7, 11) is 0. The van der Waals surface area contributed by atoms with Crippen molar-refractivity contribution in [3.8, 4) is 0 Å². The van der Waals surface area contributed by atoms with Gasteiger partial charge < -0.3 is 19.5 Å². The lowest BCUT2D eigenvalue weighted by Crippen LogP contribution is -2.46. The zero-order valence-corrected chi connectivity index (χ0v) is 19.5. The van der Waals surface area contributed by atoms with Gasteiger partial charge in [0.1, 0.15) is 0 Å². The van der Waals surface area contributed by atoms with Gasteiger partial charge >= 0.3 is 6.18 Å². The van der Waals surface area contributed by atoms with Crippen LogP contribution >= 0.6 is 0 Å². The molecule has 5 atom stereocenters. The number of nitrogens with one attached hydrogen (secondary N) is 1. The average molecular weight is 470 g/mol. The van der Waals surface area contributed by atoms with Crippen LogP contribution in [-0.2, 0) is 28.8 Å². The van der Waals surface area contributed by atoms with Crippen molar-refractivity contribution in [3.63, 3.8) is 0 Å². The Morgan fingerprint density at radius 2 is 1.97 bits per heavy atom. The fourth-order valence-electron chi connectivity index (χ4n) is 5.78. The fraction of sp³-hybridized carbons (Fsp3) is 0.750. The highest BCUT2D eigenvalue weighted by atomic mass is 19.4. The van der Waals surface area contributed by atoms with Gasteiger partial charge in [0.2, 0.25) is 5.91 Å². The molecule has 0 radical (unpaired) electrons. The Morgan fingerprint density at radius 1 is 1.21 bits per heavy atom. The first-order valence-electron chi connectivity index (χ1n) is 12.0. The molecule has 1 saturated carbocycles. The van der Waals surface area contributed by atoms with Crippen LogP contribution < -0.4 is 10.9 Å². The number of carbonyl (C=O) groups is 1. The van der Waals surface area contributed by atoms with Crippen molar-refractivity contribution in [2.24, 2.45) is 23.7 Å². The molecule has 4 unspecified atom stereocenters. The maximum absolute atomic E-state index is 13.6. The summed E-state index contributed by atoms with van der Waals surface area (Å²) in [4.78, 5) is 27.4. The van der Waals surface area contributed by atoms with E-state index in [0.717, 1.165) is 38.5 Å². The lowest BCUT2D eigenvalue weighted by molar-refractivity contribution is -0.139. The first-order chi connectivity index (χ1) is 15.5. The fourth-order valence-corrected chi connectivity index (χ4v) is 5.78. The van der Waals surface area contributed by atoms with Crippen LogP contribution in [0.1, 0.15) is 51.3 Å². The van der Waals surface area contributed by atoms with Gasteiger partial charge in [0.05, 0.1) is 18.7 Å². The van der Waals surface area contributed by atoms with E-state index in [4.69, 9.17) is 4.74 Å². The first kappa shape index (κ1) is 24.3. The molecule has 9 heteroatoms. The molecule has 33 heavy (non-hydrogen) atoms. The van der Waals surface area contributed by atoms with Crippen molar-refractivity contribution < 1.29 is 22.7 Å². The van der Waals surface area contributed by atoms with E-state index in [9.17, 15) is 22.8 Å². The number of aromatic nitrogens is 1. The summed E-state index contributed by atoms with van der Waals surface area (Å²) in [6.07, 6.45) is -1.98. The topological polar surface area (TPSA) is 63.6 Å². The molecule has 0 bridgehead atoms. The number of rotatable bonds is 4. The molecule has 0 spiro atoms. The summed E-state index contributed by atoms with van der Waals surface area (Å²) in [5, 5.41) is 3.77. The minimum absolute atomic E-state index is 0.00543. The van der Waals surface area contributed by atoms with Gasteiger partial charge in [0, 0.05) is 49.5 Å². The lowest BCUT2D eigenvalue weighted by Gasteiger charge is -2.34. The Balaban J connectivity index is 1.49. The van der Waals surface area contributed by atoms with Crippen LogP contribution in [0.3, 0.4) is 0 Å². The quantitative estimate of drug-likeness (QED) is 0.735. The zero-order chi connectivity index (χ0) is 23.9. The van der Waals surface area contributed by atoms with Crippen molar-refractivity contribution in [1.29, 1.82) is 0 Å². The molecule has 1 aromatic rings. The van der Waals surface area contributed by atoms with Crippen LogP contribution in [0.25, 0.3) is 0 Å². The highest BCUT2D eigenvalue weighted by Gasteiger charge is 2.43. The van der Waals surface area contributed by atoms with E-state index < -0.39 is 17.3 Å². The molecule has 1 aromatic heterocycles. The predicted octanol–water partition coefficient (Wildman–Crippen LogP) is 3.27. The van der Waals surface area contributed by atoms with Crippen LogP contribution in [0, 0.1) is 23.7 Å². The zero-order valence-electron chi connectivity index (χ0n) is 19.5. The highest BCUT2D eigenvalue weighted by molar-refractivity contribution is 5.79. The maximum atomic E-state index is 13.6. The molecule has 2 aliphatic heterocycles. The van der Waals surface area contributed by atoms with E-state index >= 15 is 0 Å². The molecule has 3 heterocycles. The molecule has 1 amide bonds. The molecule has 0 aromatic carbocycles. The SMILES string of the molecule is CC(C)C1CC(N[C@H]2CCOCC2C)CC1C(=O)N1CCn2c(cc(C(F)(F)F)cc2=O)C1. The molecule has 4 rings (SSSR count). The molecular weight excluding hydrogens is 435 g/mol. The van der Waals surface area contributed by atoms with Gasteiger partial charge in [-0.25, -0.2) is 0 Å². The summed E-state index contributed by atoms with van der Waals surface area (Å²) in [5.74, 6) is 0.798. The van der Waals surface area contributed by atoms with Gasteiger partial charge in [0.15, 0.2) is 0 Å². The van der Waals surface area contributed by atoms with Gasteiger partial charge in [-0.3, -0.25) is 9.59 Å². The number of carbonyl (C=O) groups excluding carboxylic acids is 1. The number of ether oxygens (including phenoxy) is 1. The Bertz CT molecular complexity index is 930. The van der Waals surface area contributed by atoms with Crippen molar-refractivity contribution in [3.05, 3.63) is 33.7 Å². The standard InChI is InChI=1S/C24H34F3N3O3/c1-14(2)19-10-17(28-21-4-7-33-13-15(21)3)11-20(19)23(32)29-5-6-30-18(12-29)8-16(9-22(30)31)24(25,26)27/h8-9,14-15,17,19-21,28H,4-7,10-13H2,1-3H3/t15?,17?,19?,20?,21-/m0/s1. The summed E-state index contributed by atoms with van der Waals surface area (Å²) in [6, 6.07) is 2.26. The van der Waals surface area contributed by atoms with Gasteiger partial charge in [-0.15, -0.1) is 0 Å². The monoisotopic (exact) mass is 469 g/mol. The van der Waals surface area contributed by atoms with Crippen molar-refractivity contribution in [2.75, 3.05) is 19.8 Å². The number of alkyl halides is 3. The largest absolute Gasteiger partial charge is 0.416 e. The Hall–Kier alpha value is -1.87. The molecule has 184 valence electrons. The minimum atomic E-state index is -4.59. The first-order valence-corrected chi connectivity index (χ1v) is 12.0. The highest BCUT2D eigenvalue weighted by Crippen LogP contribution is 2.39. The molecule has 3 aliphatic rings. The summed E-state index contributed by atoms with van der Waals surface area (Å²) < 4.78 is 46.5. The second kappa shape index (κ2) is 9.41. The van der Waals surface area contributed by atoms with Crippen molar-refractivity contribution in [1.82, 2.24) is 14.8 Å². The second-order valence-corrected chi connectivity index (χ2v) is 10.3. The van der Waals surface area contributed by atoms with E-state index in [-0.39, 0.29) is 42.6 Å². The van der Waals surface area contributed by atoms with E-state index in [0.29, 0.717) is 30.5 Å². The maximum Gasteiger partial charge on any atom is 0.416 e. The Labute approximate surface area is 192 Å². The van der Waals surface area contributed by atoms with E-state index in [1.807, 2.05) is 0 Å². The number of hydrogen-bond acceptors (Lipinski definition) is 4. The van der Waals surface area contributed by atoms with E-state index in [1.165, 1.54) is 4.57 Å². The smallest absolute Gasteiger partial charge is 0.381 e. The molecule has 1 saturated heterocycles. The normalized spacial score (nSPS) is 30.5. The third kappa shape index (κ3) is 5.14. The number of hydrogen-bond donors (Lipinski definition) is 1. The molecule has 1 aliphatic carbocycles. The van der Waals surface area contributed by atoms with Crippen molar-refractivity contribution >= 4 is 5.91 Å². The minimum Gasteiger partial charge on any atom is -0.381 e. The summed E-state index contributed by atoms with van der Waals surface area (Å²) in [6.45, 7) is 8.52. The lowest BCUT2D eigenvalue weighted by atomic mass is 9.85. The van der Waals surface area contributed by atoms with Gasteiger partial charge in [-0.1, -0.05) is 20.8 Å². The average Bonchev–Trinajstić information content (AvgIpc) is 3.18. The summed E-state index contributed by atoms with van der Waals surface area (Å²) >= 11 is 0. The molecule has 2 fully saturated rings. The third-order valence-electron chi connectivity index (χ3n) is 7.68. The van der Waals surface area contributed by atoms with E-state index in [2.05, 4.69) is 26.1 Å². The van der Waals surface area contributed by atoms with Crippen LogP contribution in [0.5, 0.6) is 0 Å². The van der Waals surface area contributed by atoms with Crippen LogP contribution in [0.2, 0.25) is 0 Å². The van der Waals surface area contributed by atoms with Crippen LogP contribution in [-0.4, -0.2) is 47.2 Å². The number of amides is 1. The number of nitrogens with zero attached hydrogens (tertiary/aromatic N) is 2.